The summed E-state index contributed by atoms with van der Waals surface area (Å²) >= 11 is 0. The SMILES string of the molecule is Cn1c2ccccc2n2c3c(=O)n(-c4ccccc4)ncc3c(C#N)c12. The summed E-state index contributed by atoms with van der Waals surface area (Å²) in [5.41, 5.74) is 3.92. The first-order valence-corrected chi connectivity index (χ1v) is 8.18. The first kappa shape index (κ1) is 14.5. The molecule has 5 aromatic rings. The Bertz CT molecular complexity index is 1410. The van der Waals surface area contributed by atoms with Crippen LogP contribution in [0, 0.1) is 11.3 Å². The minimum Gasteiger partial charge on any atom is -0.328 e. The van der Waals surface area contributed by atoms with Crippen LogP contribution < -0.4 is 5.56 Å². The number of hydrogen-bond donors (Lipinski definition) is 0. The zero-order valence-electron chi connectivity index (χ0n) is 13.9. The van der Waals surface area contributed by atoms with Crippen LogP contribution >= 0.6 is 0 Å². The second-order valence-electron chi connectivity index (χ2n) is 6.15. The van der Waals surface area contributed by atoms with E-state index in [1.165, 1.54) is 4.68 Å². The van der Waals surface area contributed by atoms with Crippen molar-refractivity contribution in [2.24, 2.45) is 7.05 Å². The number of imidazole rings is 1. The van der Waals surface area contributed by atoms with Gasteiger partial charge in [-0.25, -0.2) is 0 Å². The summed E-state index contributed by atoms with van der Waals surface area (Å²) in [5.74, 6) is 0. The van der Waals surface area contributed by atoms with Crippen LogP contribution in [0.15, 0.2) is 65.6 Å². The molecular formula is C20H13N5O. The van der Waals surface area contributed by atoms with Crippen LogP contribution in [0.3, 0.4) is 0 Å². The van der Waals surface area contributed by atoms with Gasteiger partial charge in [-0.05, 0) is 24.3 Å². The third-order valence-electron chi connectivity index (χ3n) is 4.79. The molecule has 0 spiro atoms. The lowest BCUT2D eigenvalue weighted by Crippen LogP contribution is -2.21. The van der Waals surface area contributed by atoms with Gasteiger partial charge >= 0.3 is 0 Å². The third-order valence-corrected chi connectivity index (χ3v) is 4.79. The Labute approximate surface area is 147 Å². The number of fused-ring (bicyclic) bond motifs is 5. The van der Waals surface area contributed by atoms with Crippen LogP contribution in [0.4, 0.5) is 0 Å². The van der Waals surface area contributed by atoms with E-state index < -0.39 is 0 Å². The van der Waals surface area contributed by atoms with Crippen LogP contribution in [-0.4, -0.2) is 18.7 Å². The van der Waals surface area contributed by atoms with Gasteiger partial charge in [0, 0.05) is 12.4 Å². The van der Waals surface area contributed by atoms with E-state index in [2.05, 4.69) is 11.2 Å². The van der Waals surface area contributed by atoms with Gasteiger partial charge in [-0.1, -0.05) is 30.3 Å². The van der Waals surface area contributed by atoms with Gasteiger partial charge in [0.2, 0.25) is 0 Å². The topological polar surface area (TPSA) is 68.0 Å². The standard InChI is InChI=1S/C20H13N5O/c1-23-16-9-5-6-10-17(16)24-18-15(14(11-21)19(23)24)12-22-25(20(18)26)13-7-3-2-4-8-13/h2-10,12H,1H3. The lowest BCUT2D eigenvalue weighted by molar-refractivity contribution is 0.818. The summed E-state index contributed by atoms with van der Waals surface area (Å²) in [6.45, 7) is 0. The van der Waals surface area contributed by atoms with Crippen molar-refractivity contribution in [2.75, 3.05) is 0 Å². The third kappa shape index (κ3) is 1.69. The maximum atomic E-state index is 13.3. The van der Waals surface area contributed by atoms with E-state index in [9.17, 15) is 10.1 Å². The average molecular weight is 339 g/mol. The van der Waals surface area contributed by atoms with E-state index >= 15 is 0 Å². The first-order valence-electron chi connectivity index (χ1n) is 8.18. The van der Waals surface area contributed by atoms with Crippen LogP contribution in [0.5, 0.6) is 0 Å². The minimum absolute atomic E-state index is 0.249. The summed E-state index contributed by atoms with van der Waals surface area (Å²) in [4.78, 5) is 13.3. The fraction of sp³-hybridized carbons (Fsp3) is 0.0500. The van der Waals surface area contributed by atoms with Crippen molar-refractivity contribution in [3.8, 4) is 11.8 Å². The molecule has 6 nitrogen and oxygen atoms in total. The highest BCUT2D eigenvalue weighted by molar-refractivity contribution is 5.99. The lowest BCUT2D eigenvalue weighted by atomic mass is 10.2. The molecule has 0 aliphatic rings. The maximum absolute atomic E-state index is 13.3. The highest BCUT2D eigenvalue weighted by Gasteiger charge is 2.22. The average Bonchev–Trinajstić information content (AvgIpc) is 3.17. The van der Waals surface area contributed by atoms with Gasteiger partial charge in [-0.2, -0.15) is 15.0 Å². The number of aromatic nitrogens is 4. The van der Waals surface area contributed by atoms with Crippen molar-refractivity contribution in [2.45, 2.75) is 0 Å². The normalized spacial score (nSPS) is 11.4. The van der Waals surface area contributed by atoms with Crippen molar-refractivity contribution in [1.82, 2.24) is 18.7 Å². The quantitative estimate of drug-likeness (QED) is 0.471. The fourth-order valence-corrected chi connectivity index (χ4v) is 3.65. The largest absolute Gasteiger partial charge is 0.328 e. The summed E-state index contributed by atoms with van der Waals surface area (Å²) in [6.07, 6.45) is 1.60. The zero-order chi connectivity index (χ0) is 17.8. The Kier molecular flexibility index (Phi) is 2.83. The Balaban J connectivity index is 2.06. The Morgan fingerprint density at radius 1 is 1.00 bits per heavy atom. The predicted octanol–water partition coefficient (Wildman–Crippen LogP) is 3.00. The second kappa shape index (κ2) is 5.07. The maximum Gasteiger partial charge on any atom is 0.296 e. The molecule has 0 amide bonds. The molecule has 0 unspecified atom stereocenters. The number of nitrogens with zero attached hydrogens (tertiary/aromatic N) is 5. The summed E-state index contributed by atoms with van der Waals surface area (Å²) in [7, 11) is 1.90. The summed E-state index contributed by atoms with van der Waals surface area (Å²) < 4.78 is 5.19. The molecule has 0 aliphatic carbocycles. The molecule has 0 atom stereocenters. The lowest BCUT2D eigenvalue weighted by Gasteiger charge is -2.04. The second-order valence-corrected chi connectivity index (χ2v) is 6.15. The predicted molar refractivity (Wildman–Crippen MR) is 99.5 cm³/mol. The van der Waals surface area contributed by atoms with Gasteiger partial charge in [0.05, 0.1) is 22.9 Å². The summed E-state index contributed by atoms with van der Waals surface area (Å²) in [6, 6.07) is 19.3. The molecule has 3 heterocycles. The van der Waals surface area contributed by atoms with Crippen molar-refractivity contribution >= 4 is 27.6 Å². The Hall–Kier alpha value is -3.85. The van der Waals surface area contributed by atoms with Gasteiger partial charge in [0.15, 0.2) is 0 Å². The van der Waals surface area contributed by atoms with Crippen molar-refractivity contribution in [3.05, 3.63) is 76.7 Å². The van der Waals surface area contributed by atoms with E-state index in [1.807, 2.05) is 70.6 Å². The van der Waals surface area contributed by atoms with Crippen molar-refractivity contribution in [1.29, 1.82) is 5.26 Å². The molecule has 0 radical (unpaired) electrons. The van der Waals surface area contributed by atoms with Crippen LogP contribution in [0.2, 0.25) is 0 Å². The molecule has 3 aromatic heterocycles. The van der Waals surface area contributed by atoms with E-state index in [0.29, 0.717) is 27.8 Å². The molecule has 124 valence electrons. The number of hydrogen-bond acceptors (Lipinski definition) is 3. The van der Waals surface area contributed by atoms with Gasteiger partial charge in [-0.3, -0.25) is 9.20 Å². The van der Waals surface area contributed by atoms with E-state index in [-0.39, 0.29) is 5.56 Å². The zero-order valence-corrected chi connectivity index (χ0v) is 13.9. The van der Waals surface area contributed by atoms with Crippen LogP contribution in [0.25, 0.3) is 33.3 Å². The van der Waals surface area contributed by atoms with Gasteiger partial charge in [0.25, 0.3) is 5.56 Å². The Morgan fingerprint density at radius 2 is 1.69 bits per heavy atom. The number of nitriles is 1. The molecule has 2 aromatic carbocycles. The first-order chi connectivity index (χ1) is 12.7. The van der Waals surface area contributed by atoms with Gasteiger partial charge in [0.1, 0.15) is 22.8 Å². The molecule has 0 saturated heterocycles. The molecule has 0 bridgehead atoms. The molecule has 0 saturated carbocycles. The number of rotatable bonds is 1. The molecule has 0 N–H and O–H groups in total. The van der Waals surface area contributed by atoms with E-state index in [0.717, 1.165) is 11.0 Å². The fourth-order valence-electron chi connectivity index (χ4n) is 3.65. The van der Waals surface area contributed by atoms with Gasteiger partial charge in [-0.15, -0.1) is 0 Å². The molecular weight excluding hydrogens is 326 g/mol. The molecule has 0 aliphatic heterocycles. The monoisotopic (exact) mass is 339 g/mol. The molecule has 6 heteroatoms. The highest BCUT2D eigenvalue weighted by Crippen LogP contribution is 2.29. The highest BCUT2D eigenvalue weighted by atomic mass is 16.1. The number of para-hydroxylation sites is 3. The number of benzene rings is 2. The van der Waals surface area contributed by atoms with Crippen LogP contribution in [-0.2, 0) is 7.05 Å². The number of aryl methyl sites for hydroxylation is 1. The molecule has 5 rings (SSSR count). The molecule has 0 fully saturated rings. The smallest absolute Gasteiger partial charge is 0.296 e. The van der Waals surface area contributed by atoms with Crippen molar-refractivity contribution in [3.63, 3.8) is 0 Å². The Morgan fingerprint density at radius 3 is 2.42 bits per heavy atom. The van der Waals surface area contributed by atoms with E-state index in [4.69, 9.17) is 0 Å². The summed E-state index contributed by atoms with van der Waals surface area (Å²) in [5, 5.41) is 14.6. The van der Waals surface area contributed by atoms with Gasteiger partial charge < -0.3 is 4.57 Å². The van der Waals surface area contributed by atoms with E-state index in [1.54, 1.807) is 6.20 Å². The van der Waals surface area contributed by atoms with Crippen LogP contribution in [0.1, 0.15) is 5.56 Å². The minimum atomic E-state index is -0.249. The molecule has 26 heavy (non-hydrogen) atoms. The van der Waals surface area contributed by atoms with Crippen molar-refractivity contribution < 1.29 is 0 Å².